The third-order valence-corrected chi connectivity index (χ3v) is 5.30. The van der Waals surface area contributed by atoms with E-state index in [9.17, 15) is 8.42 Å². The van der Waals surface area contributed by atoms with Crippen LogP contribution in [0.2, 0.25) is 0 Å². The van der Waals surface area contributed by atoms with Crippen LogP contribution >= 0.6 is 0 Å². The van der Waals surface area contributed by atoms with E-state index in [-0.39, 0.29) is 10.9 Å². The number of sulfonamides is 1. The number of aromatic nitrogens is 2. The molecule has 0 spiro atoms. The van der Waals surface area contributed by atoms with Crippen molar-refractivity contribution < 1.29 is 13.6 Å². The van der Waals surface area contributed by atoms with Gasteiger partial charge in [-0.25, -0.2) is 13.4 Å². The van der Waals surface area contributed by atoms with Gasteiger partial charge < -0.3 is 15.9 Å². The summed E-state index contributed by atoms with van der Waals surface area (Å²) in [5, 5.41) is 12.1. The summed E-state index contributed by atoms with van der Waals surface area (Å²) >= 11 is 0. The predicted molar refractivity (Wildman–Crippen MR) is 77.5 cm³/mol. The first-order valence-electron chi connectivity index (χ1n) is 6.93. The maximum Gasteiger partial charge on any atom is 0.258 e. The van der Waals surface area contributed by atoms with E-state index in [0.29, 0.717) is 18.7 Å². The highest BCUT2D eigenvalue weighted by Gasteiger charge is 2.40. The zero-order valence-electron chi connectivity index (χ0n) is 12.0. The van der Waals surface area contributed by atoms with E-state index in [2.05, 4.69) is 19.8 Å². The Morgan fingerprint density at radius 3 is 2.52 bits per heavy atom. The maximum absolute atomic E-state index is 12.5. The molecule has 0 unspecified atom stereocenters. The van der Waals surface area contributed by atoms with E-state index in [1.165, 1.54) is 6.20 Å². The van der Waals surface area contributed by atoms with Gasteiger partial charge in [-0.15, -0.1) is 0 Å². The molecule has 0 aliphatic heterocycles. The molecule has 0 radical (unpaired) electrons. The first-order chi connectivity index (χ1) is 9.89. The Morgan fingerprint density at radius 1 is 1.43 bits per heavy atom. The summed E-state index contributed by atoms with van der Waals surface area (Å²) in [6, 6.07) is 0. The molecule has 8 nitrogen and oxygen atoms in total. The molecule has 1 aromatic rings. The van der Waals surface area contributed by atoms with E-state index in [1.807, 2.05) is 0 Å². The summed E-state index contributed by atoms with van der Waals surface area (Å²) in [4.78, 5) is 6.59. The van der Waals surface area contributed by atoms with Crippen LogP contribution in [0.15, 0.2) is 16.4 Å². The van der Waals surface area contributed by atoms with Crippen LogP contribution in [0.4, 0.5) is 0 Å². The Bertz CT molecular complexity index is 615. The van der Waals surface area contributed by atoms with E-state index in [1.54, 1.807) is 6.92 Å². The standard InChI is InChI=1S/C12H21N5O3S/c1-9-14-8-10(15-9)21(19,20)17-12(11(13)16-18)6-4-2-3-5-7-12/h8,17-18H,2-7H2,1H3,(H2,13,16)(H,14,15). The van der Waals surface area contributed by atoms with Crippen LogP contribution in [0.25, 0.3) is 0 Å². The summed E-state index contributed by atoms with van der Waals surface area (Å²) < 4.78 is 27.6. The number of oxime groups is 1. The van der Waals surface area contributed by atoms with Crippen LogP contribution in [-0.2, 0) is 10.0 Å². The van der Waals surface area contributed by atoms with Gasteiger partial charge in [-0.1, -0.05) is 30.8 Å². The number of nitrogens with one attached hydrogen (secondary N) is 2. The first-order valence-corrected chi connectivity index (χ1v) is 8.41. The number of aromatic amines is 1. The number of hydrogen-bond donors (Lipinski definition) is 4. The average molecular weight is 315 g/mol. The Kier molecular flexibility index (Phi) is 4.52. The minimum Gasteiger partial charge on any atom is -0.409 e. The molecule has 0 aromatic carbocycles. The lowest BCUT2D eigenvalue weighted by Crippen LogP contribution is -2.57. The van der Waals surface area contributed by atoms with Gasteiger partial charge in [0.15, 0.2) is 10.9 Å². The second kappa shape index (κ2) is 6.02. The van der Waals surface area contributed by atoms with Gasteiger partial charge in [0.05, 0.1) is 11.7 Å². The smallest absolute Gasteiger partial charge is 0.258 e. The van der Waals surface area contributed by atoms with Crippen LogP contribution in [0.5, 0.6) is 0 Å². The molecule has 0 saturated heterocycles. The molecule has 0 atom stereocenters. The molecule has 1 heterocycles. The monoisotopic (exact) mass is 315 g/mol. The molecule has 0 amide bonds. The zero-order valence-corrected chi connectivity index (χ0v) is 12.8. The minimum absolute atomic E-state index is 0.0191. The molecular weight excluding hydrogens is 294 g/mol. The van der Waals surface area contributed by atoms with Crippen molar-refractivity contribution in [3.05, 3.63) is 12.0 Å². The molecule has 5 N–H and O–H groups in total. The summed E-state index contributed by atoms with van der Waals surface area (Å²) in [5.74, 6) is 0.415. The molecule has 118 valence electrons. The Balaban J connectivity index is 2.34. The van der Waals surface area contributed by atoms with Crippen LogP contribution in [0, 0.1) is 6.92 Å². The van der Waals surface area contributed by atoms with Crippen LogP contribution < -0.4 is 10.5 Å². The summed E-state index contributed by atoms with van der Waals surface area (Å²) in [6.07, 6.45) is 5.93. The van der Waals surface area contributed by atoms with Gasteiger partial charge in [-0.05, 0) is 19.8 Å². The Hall–Kier alpha value is -1.61. The Labute approximate surface area is 123 Å². The molecule has 1 fully saturated rings. The van der Waals surface area contributed by atoms with Crippen molar-refractivity contribution in [1.29, 1.82) is 0 Å². The fourth-order valence-electron chi connectivity index (χ4n) is 2.69. The second-order valence-corrected chi connectivity index (χ2v) is 7.07. The fraction of sp³-hybridized carbons (Fsp3) is 0.667. The van der Waals surface area contributed by atoms with Crippen molar-refractivity contribution in [3.63, 3.8) is 0 Å². The van der Waals surface area contributed by atoms with Crippen molar-refractivity contribution in [2.45, 2.75) is 56.0 Å². The van der Waals surface area contributed by atoms with Crippen LogP contribution in [-0.4, -0.2) is 35.0 Å². The summed E-state index contributed by atoms with van der Waals surface area (Å²) in [6.45, 7) is 1.67. The van der Waals surface area contributed by atoms with Gasteiger partial charge in [-0.3, -0.25) is 0 Å². The van der Waals surface area contributed by atoms with Gasteiger partial charge in [0, 0.05) is 0 Å². The largest absolute Gasteiger partial charge is 0.409 e. The average Bonchev–Trinajstić information content (AvgIpc) is 2.75. The number of H-pyrrole nitrogens is 1. The van der Waals surface area contributed by atoms with E-state index >= 15 is 0 Å². The topological polar surface area (TPSA) is 133 Å². The highest BCUT2D eigenvalue weighted by atomic mass is 32.2. The molecule has 2 rings (SSSR count). The van der Waals surface area contributed by atoms with Crippen molar-refractivity contribution >= 4 is 15.9 Å². The highest BCUT2D eigenvalue weighted by molar-refractivity contribution is 7.89. The lowest BCUT2D eigenvalue weighted by atomic mass is 9.90. The fourth-order valence-corrected chi connectivity index (χ4v) is 4.09. The van der Waals surface area contributed by atoms with E-state index in [4.69, 9.17) is 10.9 Å². The van der Waals surface area contributed by atoms with Crippen molar-refractivity contribution in [2.75, 3.05) is 0 Å². The summed E-state index contributed by atoms with van der Waals surface area (Å²) in [5.41, 5.74) is 4.75. The molecule has 9 heteroatoms. The highest BCUT2D eigenvalue weighted by Crippen LogP contribution is 2.29. The van der Waals surface area contributed by atoms with Crippen molar-refractivity contribution in [2.24, 2.45) is 10.9 Å². The van der Waals surface area contributed by atoms with E-state index in [0.717, 1.165) is 25.7 Å². The number of imidazole rings is 1. The molecular formula is C12H21N5O3S. The third kappa shape index (κ3) is 3.35. The molecule has 1 aliphatic rings. The molecule has 0 bridgehead atoms. The minimum atomic E-state index is -3.81. The normalized spacial score (nSPS) is 20.1. The van der Waals surface area contributed by atoms with Gasteiger partial charge >= 0.3 is 0 Å². The van der Waals surface area contributed by atoms with Gasteiger partial charge in [0.2, 0.25) is 0 Å². The van der Waals surface area contributed by atoms with Gasteiger partial charge in [0.25, 0.3) is 10.0 Å². The quantitative estimate of drug-likeness (QED) is 0.215. The summed E-state index contributed by atoms with van der Waals surface area (Å²) in [7, 11) is -3.81. The van der Waals surface area contributed by atoms with Crippen molar-refractivity contribution in [1.82, 2.24) is 14.7 Å². The maximum atomic E-state index is 12.5. The van der Waals surface area contributed by atoms with Gasteiger partial charge in [-0.2, -0.15) is 4.72 Å². The number of aryl methyl sites for hydroxylation is 1. The van der Waals surface area contributed by atoms with Crippen LogP contribution in [0.1, 0.15) is 44.3 Å². The number of rotatable bonds is 4. The number of nitrogens with zero attached hydrogens (tertiary/aromatic N) is 2. The SMILES string of the molecule is Cc1ncc(S(=O)(=O)NC2(C(N)=NO)CCCCCC2)[nH]1. The van der Waals surface area contributed by atoms with Gasteiger partial charge in [0.1, 0.15) is 5.82 Å². The molecule has 21 heavy (non-hydrogen) atoms. The van der Waals surface area contributed by atoms with E-state index < -0.39 is 15.6 Å². The first kappa shape index (κ1) is 15.8. The lowest BCUT2D eigenvalue weighted by Gasteiger charge is -2.31. The number of amidine groups is 1. The number of nitrogens with two attached hydrogens (primary N) is 1. The Morgan fingerprint density at radius 2 is 2.05 bits per heavy atom. The lowest BCUT2D eigenvalue weighted by molar-refractivity contribution is 0.306. The number of hydrogen-bond acceptors (Lipinski definition) is 5. The molecule has 1 saturated carbocycles. The third-order valence-electron chi connectivity index (χ3n) is 3.85. The predicted octanol–water partition coefficient (Wildman–Crippen LogP) is 0.836. The molecule has 1 aromatic heterocycles. The second-order valence-electron chi connectivity index (χ2n) is 5.42. The zero-order chi connectivity index (χ0) is 15.5. The van der Waals surface area contributed by atoms with Crippen molar-refractivity contribution in [3.8, 4) is 0 Å². The van der Waals surface area contributed by atoms with Crippen LogP contribution in [0.3, 0.4) is 0 Å². The molecule has 1 aliphatic carbocycles.